The monoisotopic (exact) mass is 254 g/mol. The molecule has 0 aromatic carbocycles. The van der Waals surface area contributed by atoms with E-state index in [9.17, 15) is 10.1 Å². The van der Waals surface area contributed by atoms with Gasteiger partial charge in [0.2, 0.25) is 11.8 Å². The van der Waals surface area contributed by atoms with Crippen LogP contribution in [0.2, 0.25) is 0 Å². The topological polar surface area (TPSA) is 110 Å². The van der Waals surface area contributed by atoms with Crippen LogP contribution in [0.5, 0.6) is 0 Å². The molecule has 0 aliphatic heterocycles. The van der Waals surface area contributed by atoms with Gasteiger partial charge < -0.3 is 4.90 Å². The van der Waals surface area contributed by atoms with Gasteiger partial charge in [0.05, 0.1) is 4.92 Å². The molecule has 3 N–H and O–H groups in total. The van der Waals surface area contributed by atoms with Gasteiger partial charge in [-0.15, -0.1) is 0 Å². The molecule has 0 radical (unpaired) electrons. The van der Waals surface area contributed by atoms with Crippen molar-refractivity contribution in [3.8, 4) is 0 Å². The van der Waals surface area contributed by atoms with E-state index < -0.39 is 4.92 Å². The van der Waals surface area contributed by atoms with Crippen molar-refractivity contribution in [2.75, 3.05) is 23.9 Å². The second kappa shape index (κ2) is 6.10. The number of anilines is 2. The molecule has 0 aliphatic carbocycles. The van der Waals surface area contributed by atoms with Gasteiger partial charge in [0.15, 0.2) is 0 Å². The smallest absolute Gasteiger partial charge is 0.332 e. The van der Waals surface area contributed by atoms with E-state index in [2.05, 4.69) is 22.3 Å². The standard InChI is InChI=1S/C10H18N6O2/c1-4-5-6-15(3)9-8(16(17)18)7(2)12-10(13-9)14-11/h4-6,11H2,1-3H3,(H,12,13,14). The summed E-state index contributed by atoms with van der Waals surface area (Å²) in [5.41, 5.74) is 2.53. The molecular formula is C10H18N6O2. The Morgan fingerprint density at radius 2 is 2.17 bits per heavy atom. The highest BCUT2D eigenvalue weighted by Crippen LogP contribution is 2.28. The summed E-state index contributed by atoms with van der Waals surface area (Å²) in [5, 5.41) is 11.1. The molecule has 0 aliphatic rings. The highest BCUT2D eigenvalue weighted by atomic mass is 16.6. The predicted octanol–water partition coefficient (Wildman–Crippen LogP) is 1.22. The maximum absolute atomic E-state index is 11.1. The number of rotatable bonds is 6. The van der Waals surface area contributed by atoms with Crippen LogP contribution in [0.1, 0.15) is 25.5 Å². The minimum Gasteiger partial charge on any atom is -0.354 e. The molecule has 0 atom stereocenters. The van der Waals surface area contributed by atoms with E-state index in [4.69, 9.17) is 5.84 Å². The molecule has 1 heterocycles. The molecule has 100 valence electrons. The first kappa shape index (κ1) is 14.1. The zero-order chi connectivity index (χ0) is 13.7. The SMILES string of the molecule is CCCCN(C)c1nc(NN)nc(C)c1[N+](=O)[O-]. The fourth-order valence-electron chi connectivity index (χ4n) is 1.60. The predicted molar refractivity (Wildman–Crippen MR) is 69.4 cm³/mol. The fourth-order valence-corrected chi connectivity index (χ4v) is 1.60. The first-order chi connectivity index (χ1) is 8.51. The van der Waals surface area contributed by atoms with Gasteiger partial charge in [-0.25, -0.2) is 10.8 Å². The Kier molecular flexibility index (Phi) is 4.78. The summed E-state index contributed by atoms with van der Waals surface area (Å²) in [4.78, 5) is 20.3. The summed E-state index contributed by atoms with van der Waals surface area (Å²) >= 11 is 0. The average Bonchev–Trinajstić information content (AvgIpc) is 2.34. The summed E-state index contributed by atoms with van der Waals surface area (Å²) in [6.07, 6.45) is 1.94. The first-order valence-electron chi connectivity index (χ1n) is 5.72. The molecular weight excluding hydrogens is 236 g/mol. The van der Waals surface area contributed by atoms with Crippen molar-refractivity contribution >= 4 is 17.5 Å². The number of nitrogens with zero attached hydrogens (tertiary/aromatic N) is 4. The van der Waals surface area contributed by atoms with Crippen molar-refractivity contribution in [2.45, 2.75) is 26.7 Å². The molecule has 1 aromatic rings. The van der Waals surface area contributed by atoms with Crippen LogP contribution in [0.15, 0.2) is 0 Å². The largest absolute Gasteiger partial charge is 0.354 e. The molecule has 8 heteroatoms. The Morgan fingerprint density at radius 1 is 1.50 bits per heavy atom. The van der Waals surface area contributed by atoms with Gasteiger partial charge >= 0.3 is 5.69 Å². The zero-order valence-corrected chi connectivity index (χ0v) is 10.8. The van der Waals surface area contributed by atoms with E-state index in [-0.39, 0.29) is 17.5 Å². The van der Waals surface area contributed by atoms with Crippen LogP contribution in [0.3, 0.4) is 0 Å². The van der Waals surface area contributed by atoms with Crippen molar-refractivity contribution in [1.29, 1.82) is 0 Å². The van der Waals surface area contributed by atoms with Gasteiger partial charge in [0.25, 0.3) is 0 Å². The van der Waals surface area contributed by atoms with Gasteiger partial charge in [0, 0.05) is 13.6 Å². The number of aromatic nitrogens is 2. The second-order valence-corrected chi connectivity index (χ2v) is 3.98. The highest BCUT2D eigenvalue weighted by Gasteiger charge is 2.24. The maximum Gasteiger partial charge on any atom is 0.332 e. The number of nitrogens with two attached hydrogens (primary N) is 1. The lowest BCUT2D eigenvalue weighted by atomic mass is 10.3. The Bertz CT molecular complexity index is 437. The maximum atomic E-state index is 11.1. The summed E-state index contributed by atoms with van der Waals surface area (Å²) in [6.45, 7) is 4.32. The highest BCUT2D eigenvalue weighted by molar-refractivity contribution is 5.61. The lowest BCUT2D eigenvalue weighted by Gasteiger charge is -2.18. The van der Waals surface area contributed by atoms with E-state index in [0.717, 1.165) is 12.8 Å². The number of nitrogen functional groups attached to an aromatic ring is 1. The molecule has 0 unspecified atom stereocenters. The molecule has 0 amide bonds. The Hall–Kier alpha value is -1.96. The lowest BCUT2D eigenvalue weighted by molar-refractivity contribution is -0.385. The summed E-state index contributed by atoms with van der Waals surface area (Å²) in [5.74, 6) is 5.71. The minimum atomic E-state index is -0.465. The molecule has 1 aromatic heterocycles. The van der Waals surface area contributed by atoms with Crippen LogP contribution in [0, 0.1) is 17.0 Å². The van der Waals surface area contributed by atoms with Gasteiger partial charge in [-0.1, -0.05) is 13.3 Å². The van der Waals surface area contributed by atoms with E-state index in [0.29, 0.717) is 12.2 Å². The molecule has 0 bridgehead atoms. The van der Waals surface area contributed by atoms with Crippen LogP contribution in [0.4, 0.5) is 17.5 Å². The van der Waals surface area contributed by atoms with Crippen LogP contribution in [-0.2, 0) is 0 Å². The lowest BCUT2D eigenvalue weighted by Crippen LogP contribution is -2.23. The molecule has 0 spiro atoms. The van der Waals surface area contributed by atoms with Crippen LogP contribution in [-0.4, -0.2) is 28.5 Å². The fraction of sp³-hybridized carbons (Fsp3) is 0.600. The van der Waals surface area contributed by atoms with E-state index >= 15 is 0 Å². The number of hydrogen-bond acceptors (Lipinski definition) is 7. The van der Waals surface area contributed by atoms with Crippen molar-refractivity contribution in [3.05, 3.63) is 15.8 Å². The van der Waals surface area contributed by atoms with Gasteiger partial charge in [-0.2, -0.15) is 4.98 Å². The number of aryl methyl sites for hydroxylation is 1. The van der Waals surface area contributed by atoms with Gasteiger partial charge in [0.1, 0.15) is 5.69 Å². The zero-order valence-electron chi connectivity index (χ0n) is 10.8. The van der Waals surface area contributed by atoms with Crippen LogP contribution in [0.25, 0.3) is 0 Å². The van der Waals surface area contributed by atoms with Crippen molar-refractivity contribution < 1.29 is 4.92 Å². The number of unbranched alkanes of at least 4 members (excludes halogenated alkanes) is 1. The van der Waals surface area contributed by atoms with Crippen molar-refractivity contribution in [1.82, 2.24) is 9.97 Å². The number of hydrazine groups is 1. The molecule has 0 saturated carbocycles. The van der Waals surface area contributed by atoms with Crippen molar-refractivity contribution in [3.63, 3.8) is 0 Å². The second-order valence-electron chi connectivity index (χ2n) is 3.98. The molecule has 1 rings (SSSR count). The molecule has 18 heavy (non-hydrogen) atoms. The summed E-state index contributed by atoms with van der Waals surface area (Å²) in [7, 11) is 1.77. The third kappa shape index (κ3) is 3.04. The Labute approximate surface area is 105 Å². The van der Waals surface area contributed by atoms with Crippen LogP contribution < -0.4 is 16.2 Å². The quantitative estimate of drug-likeness (QED) is 0.446. The molecule has 0 fully saturated rings. The number of nitrogens with one attached hydrogen (secondary N) is 1. The third-order valence-corrected chi connectivity index (χ3v) is 2.56. The Balaban J connectivity index is 3.20. The van der Waals surface area contributed by atoms with Gasteiger partial charge in [-0.3, -0.25) is 15.5 Å². The summed E-state index contributed by atoms with van der Waals surface area (Å²) in [6, 6.07) is 0. The van der Waals surface area contributed by atoms with Crippen molar-refractivity contribution in [2.24, 2.45) is 5.84 Å². The minimum absolute atomic E-state index is 0.0763. The summed E-state index contributed by atoms with van der Waals surface area (Å²) < 4.78 is 0. The normalized spacial score (nSPS) is 10.2. The number of nitro groups is 1. The van der Waals surface area contributed by atoms with Gasteiger partial charge in [-0.05, 0) is 13.3 Å². The Morgan fingerprint density at radius 3 is 2.67 bits per heavy atom. The first-order valence-corrected chi connectivity index (χ1v) is 5.72. The van der Waals surface area contributed by atoms with E-state index in [1.807, 2.05) is 0 Å². The van der Waals surface area contributed by atoms with E-state index in [1.54, 1.807) is 18.9 Å². The van der Waals surface area contributed by atoms with Crippen LogP contribution >= 0.6 is 0 Å². The third-order valence-electron chi connectivity index (χ3n) is 2.56. The average molecular weight is 254 g/mol. The van der Waals surface area contributed by atoms with E-state index in [1.165, 1.54) is 0 Å². The number of hydrogen-bond donors (Lipinski definition) is 2. The molecule has 8 nitrogen and oxygen atoms in total. The molecule has 0 saturated heterocycles.